The molecule has 1 unspecified atom stereocenters. The first kappa shape index (κ1) is 12.0. The van der Waals surface area contributed by atoms with Gasteiger partial charge in [0.25, 0.3) is 0 Å². The molecule has 1 atom stereocenters. The summed E-state index contributed by atoms with van der Waals surface area (Å²) in [5.74, 6) is 3.46. The lowest BCUT2D eigenvalue weighted by Gasteiger charge is -2.20. The maximum Gasteiger partial charge on any atom is -0.0275 e. The second kappa shape index (κ2) is 6.51. The second-order valence-corrected chi connectivity index (χ2v) is 4.26. The Bertz CT molecular complexity index is 94.2. The highest BCUT2D eigenvalue weighted by Gasteiger charge is 2.11. The molecule has 0 nitrogen and oxygen atoms in total. The summed E-state index contributed by atoms with van der Waals surface area (Å²) in [5, 5.41) is 0. The van der Waals surface area contributed by atoms with Crippen LogP contribution in [0.2, 0.25) is 0 Å². The summed E-state index contributed by atoms with van der Waals surface area (Å²) in [4.78, 5) is 0. The minimum Gasteiger partial charge on any atom is -0.0651 e. The molecule has 0 aliphatic rings. The molecule has 0 rings (SSSR count). The molecule has 0 N–H and O–H groups in total. The van der Waals surface area contributed by atoms with Crippen molar-refractivity contribution in [3.8, 4) is 0 Å². The molecule has 0 amide bonds. The fraction of sp³-hybridized carbons (Fsp3) is 0.917. The van der Waals surface area contributed by atoms with Crippen LogP contribution in [-0.4, -0.2) is 0 Å². The standard InChI is InChI=1S/C12H25/c1-6-11(5)8-9-12(7-2)10(3)4/h10,12H,6-9H2,1-5H3. The highest BCUT2D eigenvalue weighted by Crippen LogP contribution is 2.24. The minimum atomic E-state index is 0.861. The van der Waals surface area contributed by atoms with Gasteiger partial charge < -0.3 is 0 Å². The summed E-state index contributed by atoms with van der Waals surface area (Å²) >= 11 is 0. The van der Waals surface area contributed by atoms with Gasteiger partial charge in [-0.2, -0.15) is 0 Å². The van der Waals surface area contributed by atoms with Crippen molar-refractivity contribution in [3.63, 3.8) is 0 Å². The van der Waals surface area contributed by atoms with E-state index in [0.29, 0.717) is 0 Å². The van der Waals surface area contributed by atoms with Gasteiger partial charge in [0.15, 0.2) is 0 Å². The van der Waals surface area contributed by atoms with Crippen molar-refractivity contribution in [2.45, 2.75) is 60.3 Å². The fourth-order valence-corrected chi connectivity index (χ4v) is 1.62. The first-order valence-corrected chi connectivity index (χ1v) is 5.43. The Hall–Kier alpha value is 0. The summed E-state index contributed by atoms with van der Waals surface area (Å²) in [5.41, 5.74) is 0. The number of hydrogen-bond donors (Lipinski definition) is 0. The molecular formula is C12H25. The Labute approximate surface area is 78.8 Å². The van der Waals surface area contributed by atoms with E-state index >= 15 is 0 Å². The summed E-state index contributed by atoms with van der Waals surface area (Å²) < 4.78 is 0. The molecule has 0 aromatic heterocycles. The van der Waals surface area contributed by atoms with Crippen LogP contribution < -0.4 is 0 Å². The fourth-order valence-electron chi connectivity index (χ4n) is 1.62. The first-order chi connectivity index (χ1) is 5.61. The molecule has 73 valence electrons. The van der Waals surface area contributed by atoms with E-state index < -0.39 is 0 Å². The van der Waals surface area contributed by atoms with E-state index in [1.807, 2.05) is 0 Å². The van der Waals surface area contributed by atoms with E-state index in [-0.39, 0.29) is 0 Å². The molecule has 0 aliphatic carbocycles. The van der Waals surface area contributed by atoms with Gasteiger partial charge >= 0.3 is 0 Å². The van der Waals surface area contributed by atoms with Gasteiger partial charge in [-0.15, -0.1) is 0 Å². The third kappa shape index (κ3) is 4.79. The van der Waals surface area contributed by atoms with Crippen LogP contribution in [-0.2, 0) is 0 Å². The Morgan fingerprint density at radius 3 is 2.08 bits per heavy atom. The van der Waals surface area contributed by atoms with Gasteiger partial charge in [-0.25, -0.2) is 0 Å². The molecule has 0 aromatic carbocycles. The van der Waals surface area contributed by atoms with E-state index in [2.05, 4.69) is 34.6 Å². The topological polar surface area (TPSA) is 0 Å². The highest BCUT2D eigenvalue weighted by atomic mass is 14.2. The van der Waals surface area contributed by atoms with E-state index in [1.54, 1.807) is 5.92 Å². The normalized spacial score (nSPS) is 14.2. The Morgan fingerprint density at radius 1 is 1.17 bits per heavy atom. The van der Waals surface area contributed by atoms with Crippen LogP contribution in [0.25, 0.3) is 0 Å². The largest absolute Gasteiger partial charge is 0.0651 e. The van der Waals surface area contributed by atoms with Gasteiger partial charge in [0.1, 0.15) is 0 Å². The predicted molar refractivity (Wildman–Crippen MR) is 57.1 cm³/mol. The zero-order valence-corrected chi connectivity index (χ0v) is 9.48. The van der Waals surface area contributed by atoms with Crippen LogP contribution in [0.1, 0.15) is 60.3 Å². The Morgan fingerprint density at radius 2 is 1.75 bits per heavy atom. The SMILES string of the molecule is CC[C](C)CCC(CC)C(C)C. The van der Waals surface area contributed by atoms with Crippen molar-refractivity contribution < 1.29 is 0 Å². The second-order valence-electron chi connectivity index (χ2n) is 4.26. The predicted octanol–water partition coefficient (Wildman–Crippen LogP) is 4.45. The van der Waals surface area contributed by atoms with Gasteiger partial charge in [-0.05, 0) is 30.6 Å². The monoisotopic (exact) mass is 169 g/mol. The van der Waals surface area contributed by atoms with Crippen molar-refractivity contribution in [2.24, 2.45) is 11.8 Å². The molecule has 0 heteroatoms. The van der Waals surface area contributed by atoms with E-state index in [1.165, 1.54) is 25.7 Å². The zero-order valence-electron chi connectivity index (χ0n) is 9.48. The summed E-state index contributed by atoms with van der Waals surface area (Å²) in [6.45, 7) is 11.5. The maximum absolute atomic E-state index is 2.34. The number of rotatable bonds is 6. The van der Waals surface area contributed by atoms with Crippen LogP contribution >= 0.6 is 0 Å². The van der Waals surface area contributed by atoms with Gasteiger partial charge in [0, 0.05) is 0 Å². The highest BCUT2D eigenvalue weighted by molar-refractivity contribution is 4.82. The lowest BCUT2D eigenvalue weighted by molar-refractivity contribution is 0.342. The molecule has 12 heavy (non-hydrogen) atoms. The lowest BCUT2D eigenvalue weighted by Crippen LogP contribution is -2.08. The average Bonchev–Trinajstić information content (AvgIpc) is 2.04. The van der Waals surface area contributed by atoms with E-state index in [4.69, 9.17) is 0 Å². The zero-order chi connectivity index (χ0) is 9.56. The minimum absolute atomic E-state index is 0.861. The van der Waals surface area contributed by atoms with Crippen molar-refractivity contribution in [3.05, 3.63) is 5.92 Å². The van der Waals surface area contributed by atoms with Crippen LogP contribution in [0.15, 0.2) is 0 Å². The number of hydrogen-bond acceptors (Lipinski definition) is 0. The summed E-state index contributed by atoms with van der Waals surface area (Å²) in [6, 6.07) is 0. The molecule has 0 aromatic rings. The van der Waals surface area contributed by atoms with Gasteiger partial charge in [-0.3, -0.25) is 0 Å². The van der Waals surface area contributed by atoms with Crippen molar-refractivity contribution in [1.82, 2.24) is 0 Å². The van der Waals surface area contributed by atoms with Gasteiger partial charge in [-0.1, -0.05) is 47.5 Å². The first-order valence-electron chi connectivity index (χ1n) is 5.43. The molecule has 0 bridgehead atoms. The van der Waals surface area contributed by atoms with Crippen molar-refractivity contribution in [1.29, 1.82) is 0 Å². The van der Waals surface area contributed by atoms with Gasteiger partial charge in [0.2, 0.25) is 0 Å². The average molecular weight is 169 g/mol. The van der Waals surface area contributed by atoms with Crippen LogP contribution in [0.3, 0.4) is 0 Å². The van der Waals surface area contributed by atoms with Gasteiger partial charge in [0.05, 0.1) is 0 Å². The molecule has 0 heterocycles. The molecule has 0 fully saturated rings. The lowest BCUT2D eigenvalue weighted by atomic mass is 9.86. The molecule has 0 saturated carbocycles. The van der Waals surface area contributed by atoms with E-state index in [0.717, 1.165) is 11.8 Å². The van der Waals surface area contributed by atoms with Crippen LogP contribution in [0, 0.1) is 17.8 Å². The molecule has 0 saturated heterocycles. The third-order valence-electron chi connectivity index (χ3n) is 3.01. The Kier molecular flexibility index (Phi) is 6.51. The van der Waals surface area contributed by atoms with Crippen molar-refractivity contribution >= 4 is 0 Å². The molecule has 0 spiro atoms. The van der Waals surface area contributed by atoms with E-state index in [9.17, 15) is 0 Å². The quantitative estimate of drug-likeness (QED) is 0.551. The molecule has 0 aliphatic heterocycles. The van der Waals surface area contributed by atoms with Crippen LogP contribution in [0.5, 0.6) is 0 Å². The summed E-state index contributed by atoms with van der Waals surface area (Å²) in [6.07, 6.45) is 5.34. The Balaban J connectivity index is 3.58. The smallest absolute Gasteiger partial charge is 0.0275 e. The van der Waals surface area contributed by atoms with Crippen LogP contribution in [0.4, 0.5) is 0 Å². The maximum atomic E-state index is 2.34. The third-order valence-corrected chi connectivity index (χ3v) is 3.01. The summed E-state index contributed by atoms with van der Waals surface area (Å²) in [7, 11) is 0. The molecular weight excluding hydrogens is 144 g/mol. The van der Waals surface area contributed by atoms with Crippen molar-refractivity contribution in [2.75, 3.05) is 0 Å². The molecule has 1 radical (unpaired) electrons.